The van der Waals surface area contributed by atoms with Gasteiger partial charge in [0, 0.05) is 11.3 Å². The molecule has 0 atom stereocenters. The van der Waals surface area contributed by atoms with Gasteiger partial charge in [0.25, 0.3) is 5.91 Å². The lowest BCUT2D eigenvalue weighted by molar-refractivity contribution is -0.118. The molecule has 27 heavy (non-hydrogen) atoms. The average Bonchev–Trinajstić information content (AvgIpc) is 2.98. The molecule has 136 valence electrons. The molecule has 5 nitrogen and oxygen atoms in total. The molecule has 0 unspecified atom stereocenters. The molecule has 2 heterocycles. The number of carbonyl (C=O) groups is 1. The maximum Gasteiger partial charge on any atom is 0.266 e. The van der Waals surface area contributed by atoms with Gasteiger partial charge in [-0.05, 0) is 49.4 Å². The van der Waals surface area contributed by atoms with Crippen molar-refractivity contribution in [2.45, 2.75) is 13.5 Å². The lowest BCUT2D eigenvalue weighted by Crippen LogP contribution is -2.22. The van der Waals surface area contributed by atoms with E-state index in [-0.39, 0.29) is 23.3 Å². The van der Waals surface area contributed by atoms with Crippen LogP contribution in [0.3, 0.4) is 0 Å². The molecule has 0 saturated heterocycles. The molecule has 1 aromatic heterocycles. The van der Waals surface area contributed by atoms with Gasteiger partial charge in [-0.25, -0.2) is 18.8 Å². The summed E-state index contributed by atoms with van der Waals surface area (Å²) >= 11 is 5.74. The Kier molecular flexibility index (Phi) is 4.24. The van der Waals surface area contributed by atoms with Crippen LogP contribution in [0.5, 0.6) is 0 Å². The molecular formula is C19H13ClF2N4O. The fourth-order valence-corrected chi connectivity index (χ4v) is 3.05. The molecule has 8 heteroatoms. The second-order valence-corrected chi connectivity index (χ2v) is 6.48. The van der Waals surface area contributed by atoms with Gasteiger partial charge in [-0.3, -0.25) is 9.36 Å². The molecule has 0 radical (unpaired) electrons. The van der Waals surface area contributed by atoms with E-state index < -0.39 is 5.82 Å². The normalized spacial score (nSPS) is 13.3. The zero-order valence-corrected chi connectivity index (χ0v) is 14.9. The van der Waals surface area contributed by atoms with Gasteiger partial charge in [0.2, 0.25) is 0 Å². The molecule has 0 fully saturated rings. The Hall–Kier alpha value is -3.06. The third kappa shape index (κ3) is 3.21. The van der Waals surface area contributed by atoms with Crippen molar-refractivity contribution in [3.8, 4) is 11.3 Å². The van der Waals surface area contributed by atoms with Gasteiger partial charge in [-0.1, -0.05) is 11.6 Å². The Morgan fingerprint density at radius 2 is 1.89 bits per heavy atom. The highest BCUT2D eigenvalue weighted by atomic mass is 35.5. The zero-order chi connectivity index (χ0) is 19.1. The van der Waals surface area contributed by atoms with Crippen molar-refractivity contribution in [2.75, 3.05) is 5.32 Å². The van der Waals surface area contributed by atoms with Crippen LogP contribution in [0, 0.1) is 11.6 Å². The number of hydrogen-bond acceptors (Lipinski definition) is 3. The van der Waals surface area contributed by atoms with Crippen LogP contribution in [0.4, 0.5) is 20.3 Å². The summed E-state index contributed by atoms with van der Waals surface area (Å²) in [6, 6.07) is 10.1. The molecule has 1 N–H and O–H groups in total. The second-order valence-electron chi connectivity index (χ2n) is 6.07. The van der Waals surface area contributed by atoms with Crippen LogP contribution in [-0.2, 0) is 11.3 Å². The third-order valence-corrected chi connectivity index (χ3v) is 4.48. The largest absolute Gasteiger partial charge is 0.340 e. The molecule has 1 amide bonds. The lowest BCUT2D eigenvalue weighted by Gasteiger charge is -2.16. The summed E-state index contributed by atoms with van der Waals surface area (Å²) in [5, 5.41) is 3.11. The first-order valence-corrected chi connectivity index (χ1v) is 8.47. The van der Waals surface area contributed by atoms with Crippen LogP contribution < -0.4 is 5.32 Å². The number of hydrogen-bond donors (Lipinski definition) is 1. The van der Waals surface area contributed by atoms with Gasteiger partial charge in [0.05, 0.1) is 10.7 Å². The van der Waals surface area contributed by atoms with Crippen LogP contribution in [-0.4, -0.2) is 21.2 Å². The Balaban J connectivity index is 1.87. The van der Waals surface area contributed by atoms with Gasteiger partial charge in [-0.2, -0.15) is 0 Å². The molecule has 4 rings (SSSR count). The predicted molar refractivity (Wildman–Crippen MR) is 99.5 cm³/mol. The second kappa shape index (κ2) is 6.59. The van der Waals surface area contributed by atoms with Crippen molar-refractivity contribution in [3.05, 3.63) is 64.9 Å². The maximum atomic E-state index is 13.8. The third-order valence-electron chi connectivity index (χ3n) is 4.18. The van der Waals surface area contributed by atoms with Crippen molar-refractivity contribution >= 4 is 34.7 Å². The number of halogens is 3. The summed E-state index contributed by atoms with van der Waals surface area (Å²) in [4.78, 5) is 20.5. The van der Waals surface area contributed by atoms with E-state index in [2.05, 4.69) is 15.3 Å². The Labute approximate surface area is 158 Å². The first-order chi connectivity index (χ1) is 12.9. The average molecular weight is 387 g/mol. The van der Waals surface area contributed by atoms with Crippen molar-refractivity contribution in [3.63, 3.8) is 0 Å². The van der Waals surface area contributed by atoms with E-state index in [9.17, 15) is 13.6 Å². The van der Waals surface area contributed by atoms with E-state index in [1.807, 2.05) is 0 Å². The summed E-state index contributed by atoms with van der Waals surface area (Å²) in [7, 11) is 0. The minimum absolute atomic E-state index is 0.000721. The number of nitrogens with one attached hydrogen (secondary N) is 1. The van der Waals surface area contributed by atoms with Gasteiger partial charge < -0.3 is 5.32 Å². The summed E-state index contributed by atoms with van der Waals surface area (Å²) in [6.07, 6.45) is 0. The van der Waals surface area contributed by atoms with Crippen molar-refractivity contribution in [1.29, 1.82) is 0 Å². The Bertz CT molecular complexity index is 1090. The number of rotatable bonds is 3. The number of nitrogens with zero attached hydrogens (tertiary/aromatic N) is 3. The van der Waals surface area contributed by atoms with E-state index in [4.69, 9.17) is 11.6 Å². The summed E-state index contributed by atoms with van der Waals surface area (Å²) < 4.78 is 28.8. The maximum absolute atomic E-state index is 13.8. The van der Waals surface area contributed by atoms with Crippen molar-refractivity contribution < 1.29 is 13.6 Å². The Morgan fingerprint density at radius 1 is 1.15 bits per heavy atom. The standard InChI is InChI=1S/C19H13ClF2N4O/c1-10-18-25-17(11-2-4-12(21)5-3-11)19(26(18)9-16(27)23-10)24-13-6-7-14(20)15(22)8-13/h2-8,24H,9H2,1H3. The van der Waals surface area contributed by atoms with Crippen molar-refractivity contribution in [2.24, 2.45) is 4.99 Å². The number of anilines is 2. The molecular weight excluding hydrogens is 374 g/mol. The molecule has 3 aromatic rings. The number of aliphatic imine (C=N–C) groups is 1. The molecule has 1 aliphatic rings. The molecule has 0 bridgehead atoms. The molecule has 0 spiro atoms. The summed E-state index contributed by atoms with van der Waals surface area (Å²) in [6.45, 7) is 1.69. The monoisotopic (exact) mass is 386 g/mol. The zero-order valence-electron chi connectivity index (χ0n) is 14.1. The SMILES string of the molecule is CC1=NC(=O)Cn2c1nc(-c1ccc(F)cc1)c2Nc1ccc(Cl)c(F)c1. The van der Waals surface area contributed by atoms with Crippen LogP contribution in [0.25, 0.3) is 11.3 Å². The van der Waals surface area contributed by atoms with Crippen molar-refractivity contribution in [1.82, 2.24) is 9.55 Å². The Morgan fingerprint density at radius 3 is 2.59 bits per heavy atom. The van der Waals surface area contributed by atoms with Crippen LogP contribution in [0.2, 0.25) is 5.02 Å². The minimum Gasteiger partial charge on any atom is -0.340 e. The highest BCUT2D eigenvalue weighted by molar-refractivity contribution is 6.30. The van der Waals surface area contributed by atoms with E-state index in [0.717, 1.165) is 0 Å². The van der Waals surface area contributed by atoms with E-state index in [0.29, 0.717) is 34.3 Å². The topological polar surface area (TPSA) is 59.3 Å². The van der Waals surface area contributed by atoms with Gasteiger partial charge in [-0.15, -0.1) is 0 Å². The summed E-state index contributed by atoms with van der Waals surface area (Å²) in [5.74, 6) is -0.248. The number of fused-ring (bicyclic) bond motifs is 1. The number of amides is 1. The minimum atomic E-state index is -0.572. The summed E-state index contributed by atoms with van der Waals surface area (Å²) in [5.41, 5.74) is 2.07. The molecule has 0 saturated carbocycles. The first-order valence-electron chi connectivity index (χ1n) is 8.09. The number of carbonyl (C=O) groups excluding carboxylic acids is 1. The number of imidazole rings is 1. The quantitative estimate of drug-likeness (QED) is 0.717. The van der Waals surface area contributed by atoms with Crippen LogP contribution >= 0.6 is 11.6 Å². The molecule has 0 aliphatic carbocycles. The fraction of sp³-hybridized carbons (Fsp3) is 0.105. The van der Waals surface area contributed by atoms with E-state index >= 15 is 0 Å². The van der Waals surface area contributed by atoms with Crippen LogP contribution in [0.15, 0.2) is 47.5 Å². The van der Waals surface area contributed by atoms with Crippen LogP contribution in [0.1, 0.15) is 12.7 Å². The first kappa shape index (κ1) is 17.4. The highest BCUT2D eigenvalue weighted by Crippen LogP contribution is 2.33. The fourth-order valence-electron chi connectivity index (χ4n) is 2.94. The van der Waals surface area contributed by atoms with Gasteiger partial charge >= 0.3 is 0 Å². The lowest BCUT2D eigenvalue weighted by atomic mass is 10.1. The number of aromatic nitrogens is 2. The predicted octanol–water partition coefficient (Wildman–Crippen LogP) is 4.57. The molecule has 1 aliphatic heterocycles. The smallest absolute Gasteiger partial charge is 0.266 e. The van der Waals surface area contributed by atoms with Gasteiger partial charge in [0.15, 0.2) is 5.82 Å². The van der Waals surface area contributed by atoms with E-state index in [1.165, 1.54) is 24.3 Å². The molecule has 2 aromatic carbocycles. The van der Waals surface area contributed by atoms with Gasteiger partial charge in [0.1, 0.15) is 29.7 Å². The van der Waals surface area contributed by atoms with E-state index in [1.54, 1.807) is 29.7 Å². The highest BCUT2D eigenvalue weighted by Gasteiger charge is 2.25. The number of benzene rings is 2.